The Morgan fingerprint density at radius 3 is 2.22 bits per heavy atom. The van der Waals surface area contributed by atoms with Gasteiger partial charge >= 0.3 is 0 Å². The van der Waals surface area contributed by atoms with Gasteiger partial charge in [-0.25, -0.2) is 0 Å². The molecule has 0 radical (unpaired) electrons. The van der Waals surface area contributed by atoms with Gasteiger partial charge in [0.15, 0.2) is 0 Å². The molecule has 9 atom stereocenters. The Hall–Kier alpha value is -0.370. The molecule has 180 valence electrons. The molecule has 32 heavy (non-hydrogen) atoms. The SMILES string of the molecule is CC1(C)CC[C@]23CC[C@]4(C)[C@H](CC[C@@H]5[C@@]6(C)CCC(=O)C(C)(C)[C@@H]6CC[C@]54C)[C@@H]2[C@H]1OC3. The van der Waals surface area contributed by atoms with E-state index in [4.69, 9.17) is 4.74 Å². The number of carbonyl (C=O) groups is 1. The molecule has 5 aliphatic carbocycles. The van der Waals surface area contributed by atoms with Crippen molar-refractivity contribution in [2.45, 2.75) is 119 Å². The predicted molar refractivity (Wildman–Crippen MR) is 129 cm³/mol. The average molecular weight is 441 g/mol. The van der Waals surface area contributed by atoms with E-state index in [0.717, 1.165) is 37.2 Å². The Balaban J connectivity index is 1.40. The Morgan fingerprint density at radius 1 is 0.750 bits per heavy atom. The van der Waals surface area contributed by atoms with Gasteiger partial charge in [0.1, 0.15) is 5.78 Å². The molecule has 0 N–H and O–H groups in total. The standard InChI is InChI=1S/C30H48O2/c1-25(2)14-16-30-17-15-28(6)19(23(30)24(25)32-18-30)8-9-21-27(5)12-11-22(31)26(3,4)20(27)10-13-29(21,28)7/h19-21,23-24H,8-18H2,1-7H3/t19-,20+,21-,23-,24-,27+,28-,29-,30-/m1/s1. The number of rotatable bonds is 0. The van der Waals surface area contributed by atoms with Crippen LogP contribution in [0.15, 0.2) is 0 Å². The summed E-state index contributed by atoms with van der Waals surface area (Å²) in [7, 11) is 0. The highest BCUT2D eigenvalue weighted by molar-refractivity contribution is 5.85. The number of carbonyl (C=O) groups excluding carboxylic acids is 1. The van der Waals surface area contributed by atoms with Gasteiger partial charge in [0.05, 0.1) is 12.7 Å². The van der Waals surface area contributed by atoms with Crippen molar-refractivity contribution < 1.29 is 9.53 Å². The van der Waals surface area contributed by atoms with Gasteiger partial charge < -0.3 is 4.74 Å². The molecule has 0 unspecified atom stereocenters. The van der Waals surface area contributed by atoms with Gasteiger partial charge in [-0.05, 0) is 109 Å². The van der Waals surface area contributed by atoms with Crippen molar-refractivity contribution in [3.8, 4) is 0 Å². The molecule has 6 rings (SSSR count). The maximum atomic E-state index is 12.9. The Morgan fingerprint density at radius 2 is 1.47 bits per heavy atom. The van der Waals surface area contributed by atoms with E-state index < -0.39 is 0 Å². The third-order valence-electron chi connectivity index (χ3n) is 13.9. The lowest BCUT2D eigenvalue weighted by Gasteiger charge is -2.72. The number of Topliss-reactive ketones (excluding diaryl/α,β-unsaturated/α-hetero) is 1. The third kappa shape index (κ3) is 2.35. The van der Waals surface area contributed by atoms with E-state index in [2.05, 4.69) is 48.5 Å². The lowest BCUT2D eigenvalue weighted by Crippen LogP contribution is -2.67. The largest absolute Gasteiger partial charge is 0.377 e. The first-order valence-electron chi connectivity index (χ1n) is 14.0. The first kappa shape index (κ1) is 22.1. The van der Waals surface area contributed by atoms with Crippen LogP contribution in [0.5, 0.6) is 0 Å². The highest BCUT2D eigenvalue weighted by atomic mass is 16.5. The summed E-state index contributed by atoms with van der Waals surface area (Å²) in [6.45, 7) is 18.6. The van der Waals surface area contributed by atoms with Crippen LogP contribution in [-0.4, -0.2) is 18.5 Å². The summed E-state index contributed by atoms with van der Waals surface area (Å²) in [5, 5.41) is 0. The quantitative estimate of drug-likeness (QED) is 0.391. The minimum Gasteiger partial charge on any atom is -0.377 e. The molecule has 1 aliphatic heterocycles. The second-order valence-electron chi connectivity index (χ2n) is 15.4. The van der Waals surface area contributed by atoms with E-state index in [9.17, 15) is 4.79 Å². The van der Waals surface area contributed by atoms with Crippen LogP contribution in [-0.2, 0) is 9.53 Å². The van der Waals surface area contributed by atoms with Crippen LogP contribution in [0.25, 0.3) is 0 Å². The normalized spacial score (nSPS) is 57.7. The van der Waals surface area contributed by atoms with Crippen molar-refractivity contribution in [3.63, 3.8) is 0 Å². The number of ketones is 1. The van der Waals surface area contributed by atoms with E-state index in [1.807, 2.05) is 0 Å². The summed E-state index contributed by atoms with van der Waals surface area (Å²) >= 11 is 0. The van der Waals surface area contributed by atoms with E-state index in [-0.39, 0.29) is 5.41 Å². The van der Waals surface area contributed by atoms with Crippen molar-refractivity contribution >= 4 is 5.78 Å². The summed E-state index contributed by atoms with van der Waals surface area (Å²) < 4.78 is 6.70. The van der Waals surface area contributed by atoms with E-state index in [0.29, 0.717) is 44.9 Å². The van der Waals surface area contributed by atoms with Gasteiger partial charge in [0, 0.05) is 11.8 Å². The molecule has 1 saturated heterocycles. The minimum atomic E-state index is -0.136. The first-order valence-corrected chi connectivity index (χ1v) is 14.0. The average Bonchev–Trinajstić information content (AvgIpc) is 3.05. The van der Waals surface area contributed by atoms with E-state index in [1.165, 1.54) is 51.4 Å². The molecule has 5 saturated carbocycles. The second-order valence-corrected chi connectivity index (χ2v) is 15.4. The third-order valence-corrected chi connectivity index (χ3v) is 13.9. The van der Waals surface area contributed by atoms with Crippen LogP contribution in [0.3, 0.4) is 0 Å². The second kappa shape index (κ2) is 6.24. The lowest BCUT2D eigenvalue weighted by molar-refractivity contribution is -0.239. The van der Waals surface area contributed by atoms with Crippen LogP contribution in [0.4, 0.5) is 0 Å². The molecule has 2 heteroatoms. The zero-order valence-electron chi connectivity index (χ0n) is 22.0. The van der Waals surface area contributed by atoms with Crippen molar-refractivity contribution in [2.24, 2.45) is 56.2 Å². The fourth-order valence-electron chi connectivity index (χ4n) is 11.8. The molecule has 0 amide bonds. The zero-order chi connectivity index (χ0) is 22.9. The van der Waals surface area contributed by atoms with Crippen molar-refractivity contribution in [1.82, 2.24) is 0 Å². The predicted octanol–water partition coefficient (Wildman–Crippen LogP) is 7.45. The molecular weight excluding hydrogens is 392 g/mol. The first-order chi connectivity index (χ1) is 14.8. The maximum absolute atomic E-state index is 12.9. The highest BCUT2D eigenvalue weighted by Crippen LogP contribution is 2.77. The van der Waals surface area contributed by atoms with Crippen LogP contribution in [0.1, 0.15) is 113 Å². The Bertz CT molecular complexity index is 842. The number of fused-ring (bicyclic) bond motifs is 5. The maximum Gasteiger partial charge on any atom is 0.138 e. The topological polar surface area (TPSA) is 26.3 Å². The Labute approximate surface area is 197 Å². The molecule has 1 heterocycles. The smallest absolute Gasteiger partial charge is 0.138 e. The summed E-state index contributed by atoms with van der Waals surface area (Å²) in [6.07, 6.45) is 13.3. The van der Waals surface area contributed by atoms with Crippen LogP contribution in [0.2, 0.25) is 0 Å². The summed E-state index contributed by atoms with van der Waals surface area (Å²) in [5.74, 6) is 3.46. The molecule has 0 aromatic heterocycles. The molecule has 6 fully saturated rings. The van der Waals surface area contributed by atoms with Crippen molar-refractivity contribution in [3.05, 3.63) is 0 Å². The van der Waals surface area contributed by atoms with E-state index in [1.54, 1.807) is 0 Å². The fourth-order valence-corrected chi connectivity index (χ4v) is 11.8. The van der Waals surface area contributed by atoms with Gasteiger partial charge in [0.2, 0.25) is 0 Å². The van der Waals surface area contributed by atoms with Crippen LogP contribution in [0, 0.1) is 56.2 Å². The minimum absolute atomic E-state index is 0.136. The molecule has 0 aromatic rings. The van der Waals surface area contributed by atoms with Crippen molar-refractivity contribution in [1.29, 1.82) is 0 Å². The van der Waals surface area contributed by atoms with E-state index >= 15 is 0 Å². The van der Waals surface area contributed by atoms with Crippen LogP contribution >= 0.6 is 0 Å². The van der Waals surface area contributed by atoms with Gasteiger partial charge in [-0.2, -0.15) is 0 Å². The van der Waals surface area contributed by atoms with Gasteiger partial charge in [0.25, 0.3) is 0 Å². The Kier molecular flexibility index (Phi) is 4.31. The fraction of sp³-hybridized carbons (Fsp3) is 0.967. The summed E-state index contributed by atoms with van der Waals surface area (Å²) in [5.41, 5.74) is 1.83. The summed E-state index contributed by atoms with van der Waals surface area (Å²) in [4.78, 5) is 12.9. The van der Waals surface area contributed by atoms with Gasteiger partial charge in [-0.1, -0.05) is 48.5 Å². The number of ether oxygens (including phenoxy) is 1. The molecule has 2 bridgehead atoms. The monoisotopic (exact) mass is 440 g/mol. The van der Waals surface area contributed by atoms with Crippen molar-refractivity contribution in [2.75, 3.05) is 6.61 Å². The molecule has 0 spiro atoms. The van der Waals surface area contributed by atoms with Crippen LogP contribution < -0.4 is 0 Å². The lowest BCUT2D eigenvalue weighted by atomic mass is 9.31. The molecule has 2 nitrogen and oxygen atoms in total. The highest BCUT2D eigenvalue weighted by Gasteiger charge is 2.72. The molecular formula is C30H48O2. The molecule has 0 aromatic carbocycles. The zero-order valence-corrected chi connectivity index (χ0v) is 22.0. The number of hydrogen-bond donors (Lipinski definition) is 0. The summed E-state index contributed by atoms with van der Waals surface area (Å²) in [6, 6.07) is 0. The number of hydrogen-bond acceptors (Lipinski definition) is 2. The van der Waals surface area contributed by atoms with Gasteiger partial charge in [-0.15, -0.1) is 0 Å². The van der Waals surface area contributed by atoms with Gasteiger partial charge in [-0.3, -0.25) is 4.79 Å². The molecule has 6 aliphatic rings.